The van der Waals surface area contributed by atoms with Crippen molar-refractivity contribution in [2.45, 2.75) is 0 Å². The Morgan fingerprint density at radius 2 is 1.88 bits per heavy atom. The minimum Gasteiger partial charge on any atom is -0.378 e. The predicted molar refractivity (Wildman–Crippen MR) is 62.6 cm³/mol. The van der Waals surface area contributed by atoms with Crippen LogP contribution in [-0.2, 0) is 17.2 Å². The minimum absolute atomic E-state index is 0.0409. The normalized spacial score (nSPS) is 15.9. The topological polar surface area (TPSA) is 41.9 Å². The quantitative estimate of drug-likeness (QED) is 0.782. The third kappa shape index (κ3) is 2.43. The Morgan fingerprint density at radius 3 is 2.44 bits per heavy atom. The highest BCUT2D eigenvalue weighted by atomic mass is 32.1. The molecule has 1 aromatic rings. The second kappa shape index (κ2) is 5.14. The van der Waals surface area contributed by atoms with Crippen LogP contribution in [0.2, 0.25) is 0 Å². The maximum absolute atomic E-state index is 12.0. The molecule has 0 radical (unpaired) electrons. The number of rotatable bonds is 2. The molecule has 0 atom stereocenters. The molecule has 1 heterocycles. The molecule has 1 fully saturated rings. The van der Waals surface area contributed by atoms with Gasteiger partial charge in [-0.15, -0.1) is 0 Å². The molecule has 84 valence electrons. The van der Waals surface area contributed by atoms with Crippen LogP contribution in [0.5, 0.6) is 0 Å². The third-order valence-corrected chi connectivity index (χ3v) is 2.73. The molecule has 0 bridgehead atoms. The summed E-state index contributed by atoms with van der Waals surface area (Å²) in [6.07, 6.45) is 0. The van der Waals surface area contributed by atoms with E-state index in [1.165, 1.54) is 0 Å². The van der Waals surface area contributed by atoms with Crippen LogP contribution >= 0.6 is 0 Å². The zero-order chi connectivity index (χ0) is 11.4. The molecule has 2 rings (SSSR count). The summed E-state index contributed by atoms with van der Waals surface area (Å²) >= 11 is 4.57. The van der Waals surface area contributed by atoms with E-state index < -0.39 is 0 Å². The molecule has 0 saturated carbocycles. The number of amides is 1. The van der Waals surface area contributed by atoms with E-state index in [1.54, 1.807) is 29.2 Å². The van der Waals surface area contributed by atoms with Gasteiger partial charge in [0.1, 0.15) is 0 Å². The molecule has 5 heteroatoms. The van der Waals surface area contributed by atoms with Gasteiger partial charge in [-0.05, 0) is 24.3 Å². The van der Waals surface area contributed by atoms with Crippen molar-refractivity contribution in [3.8, 4) is 0 Å². The molecule has 1 saturated heterocycles. The molecular formula is C11H12N2O2S. The summed E-state index contributed by atoms with van der Waals surface area (Å²) in [5, 5.41) is 0. The number of carbonyl (C=O) groups is 1. The summed E-state index contributed by atoms with van der Waals surface area (Å²) in [6.45, 7) is 2.55. The lowest BCUT2D eigenvalue weighted by molar-refractivity contribution is 0.0303. The number of nitrogens with zero attached hydrogens (tertiary/aromatic N) is 2. The van der Waals surface area contributed by atoms with Crippen molar-refractivity contribution in [1.29, 1.82) is 0 Å². The largest absolute Gasteiger partial charge is 0.378 e. The molecule has 1 aliphatic rings. The fourth-order valence-electron chi connectivity index (χ4n) is 1.61. The lowest BCUT2D eigenvalue weighted by atomic mass is 10.2. The standard InChI is InChI=1S/C11H12N2O2S/c14-11(13-5-7-15-8-6-13)9-1-3-10(12-16)4-2-9/h1-4H,5-8H2. The number of benzene rings is 1. The van der Waals surface area contributed by atoms with E-state index in [0.717, 1.165) is 0 Å². The molecule has 0 N–H and O–H groups in total. The second-order valence-electron chi connectivity index (χ2n) is 3.54. The third-order valence-electron chi connectivity index (χ3n) is 2.52. The van der Waals surface area contributed by atoms with Crippen LogP contribution in [0.4, 0.5) is 5.69 Å². The first kappa shape index (κ1) is 11.2. The lowest BCUT2D eigenvalue weighted by Gasteiger charge is -2.26. The molecule has 0 unspecified atom stereocenters. The fraction of sp³-hybridized carbons (Fsp3) is 0.364. The highest BCUT2D eigenvalue weighted by Crippen LogP contribution is 2.14. The van der Waals surface area contributed by atoms with Gasteiger partial charge in [0.15, 0.2) is 0 Å². The molecule has 16 heavy (non-hydrogen) atoms. The van der Waals surface area contributed by atoms with Crippen LogP contribution < -0.4 is 0 Å². The molecule has 0 aliphatic carbocycles. The summed E-state index contributed by atoms with van der Waals surface area (Å²) in [4.78, 5) is 13.8. The molecule has 0 aromatic heterocycles. The smallest absolute Gasteiger partial charge is 0.254 e. The maximum Gasteiger partial charge on any atom is 0.254 e. The van der Waals surface area contributed by atoms with Crippen LogP contribution in [0, 0.1) is 0 Å². The Labute approximate surface area is 99.4 Å². The highest BCUT2D eigenvalue weighted by molar-refractivity contribution is 7.47. The Balaban J connectivity index is 2.10. The van der Waals surface area contributed by atoms with Crippen molar-refractivity contribution in [2.75, 3.05) is 26.3 Å². The zero-order valence-electron chi connectivity index (χ0n) is 8.76. The van der Waals surface area contributed by atoms with Gasteiger partial charge in [-0.1, -0.05) is 0 Å². The van der Waals surface area contributed by atoms with Crippen molar-refractivity contribution in [1.82, 2.24) is 4.90 Å². The van der Waals surface area contributed by atoms with Crippen molar-refractivity contribution in [2.24, 2.45) is 4.36 Å². The van der Waals surface area contributed by atoms with Crippen LogP contribution in [0.3, 0.4) is 0 Å². The predicted octanol–water partition coefficient (Wildman–Crippen LogP) is 1.52. The Bertz CT molecular complexity index is 385. The first-order valence-corrected chi connectivity index (χ1v) is 5.48. The van der Waals surface area contributed by atoms with Crippen LogP contribution in [-0.4, -0.2) is 37.1 Å². The van der Waals surface area contributed by atoms with E-state index in [-0.39, 0.29) is 5.91 Å². The van der Waals surface area contributed by atoms with Gasteiger partial charge in [0, 0.05) is 31.1 Å². The number of morpholine rings is 1. The van der Waals surface area contributed by atoms with Gasteiger partial charge < -0.3 is 9.64 Å². The van der Waals surface area contributed by atoms with E-state index in [2.05, 4.69) is 16.8 Å². The van der Waals surface area contributed by atoms with Crippen LogP contribution in [0.25, 0.3) is 0 Å². The lowest BCUT2D eigenvalue weighted by Crippen LogP contribution is -2.40. The highest BCUT2D eigenvalue weighted by Gasteiger charge is 2.17. The molecule has 1 aromatic carbocycles. The summed E-state index contributed by atoms with van der Waals surface area (Å²) in [7, 11) is 0. The van der Waals surface area contributed by atoms with E-state index in [9.17, 15) is 4.79 Å². The maximum atomic E-state index is 12.0. The van der Waals surface area contributed by atoms with E-state index in [4.69, 9.17) is 4.74 Å². The zero-order valence-corrected chi connectivity index (χ0v) is 9.57. The summed E-state index contributed by atoms with van der Waals surface area (Å²) in [5.74, 6) is 0.0409. The first-order valence-electron chi connectivity index (χ1n) is 5.12. The average molecular weight is 236 g/mol. The van der Waals surface area contributed by atoms with Gasteiger partial charge in [0.25, 0.3) is 5.91 Å². The van der Waals surface area contributed by atoms with Gasteiger partial charge in [-0.3, -0.25) is 4.79 Å². The van der Waals surface area contributed by atoms with Gasteiger partial charge >= 0.3 is 0 Å². The summed E-state index contributed by atoms with van der Waals surface area (Å²) < 4.78 is 8.82. The Kier molecular flexibility index (Phi) is 3.58. The minimum atomic E-state index is 0.0409. The van der Waals surface area contributed by atoms with E-state index >= 15 is 0 Å². The van der Waals surface area contributed by atoms with Gasteiger partial charge in [-0.2, -0.15) is 4.36 Å². The molecule has 4 nitrogen and oxygen atoms in total. The van der Waals surface area contributed by atoms with E-state index in [1.807, 2.05) is 0 Å². The second-order valence-corrected chi connectivity index (χ2v) is 3.73. The Hall–Kier alpha value is -1.33. The number of hydrogen-bond donors (Lipinski definition) is 0. The first-order chi connectivity index (χ1) is 7.81. The number of ether oxygens (including phenoxy) is 1. The summed E-state index contributed by atoms with van der Waals surface area (Å²) in [6, 6.07) is 7.01. The van der Waals surface area contributed by atoms with Crippen LogP contribution in [0.1, 0.15) is 10.4 Å². The van der Waals surface area contributed by atoms with Gasteiger partial charge in [0.05, 0.1) is 18.9 Å². The monoisotopic (exact) mass is 236 g/mol. The van der Waals surface area contributed by atoms with Crippen molar-refractivity contribution in [3.63, 3.8) is 0 Å². The summed E-state index contributed by atoms with van der Waals surface area (Å²) in [5.41, 5.74) is 1.37. The fourth-order valence-corrected chi connectivity index (χ4v) is 1.74. The van der Waals surface area contributed by atoms with Crippen molar-refractivity contribution in [3.05, 3.63) is 29.8 Å². The Morgan fingerprint density at radius 1 is 1.25 bits per heavy atom. The SMILES string of the molecule is O=C(c1ccc(N=S)cc1)N1CCOCC1. The number of hydrogen-bond acceptors (Lipinski definition) is 4. The molecule has 1 aliphatic heterocycles. The van der Waals surface area contributed by atoms with Crippen molar-refractivity contribution >= 4 is 24.0 Å². The average Bonchev–Trinajstić information content (AvgIpc) is 2.39. The van der Waals surface area contributed by atoms with Gasteiger partial charge in [-0.25, -0.2) is 0 Å². The van der Waals surface area contributed by atoms with Gasteiger partial charge in [0.2, 0.25) is 0 Å². The molecule has 1 amide bonds. The van der Waals surface area contributed by atoms with Crippen molar-refractivity contribution < 1.29 is 9.53 Å². The van der Waals surface area contributed by atoms with Crippen LogP contribution in [0.15, 0.2) is 28.6 Å². The van der Waals surface area contributed by atoms with E-state index in [0.29, 0.717) is 37.6 Å². The molecule has 0 spiro atoms. The number of carbonyl (C=O) groups excluding carboxylic acids is 1. The molecular weight excluding hydrogens is 224 g/mol.